The average molecular weight is 365 g/mol. The molecule has 3 aromatic rings. The fourth-order valence-corrected chi connectivity index (χ4v) is 4.47. The number of carbonyl (C=O) groups excluding carboxylic acids is 2. The highest BCUT2D eigenvalue weighted by molar-refractivity contribution is 7.62. The summed E-state index contributed by atoms with van der Waals surface area (Å²) in [7, 11) is -2.69. The van der Waals surface area contributed by atoms with Crippen LogP contribution in [0.3, 0.4) is 0 Å². The molecule has 0 heterocycles. The Morgan fingerprint density at radius 1 is 0.885 bits per heavy atom. The molecule has 0 radical (unpaired) electrons. The highest BCUT2D eigenvalue weighted by atomic mass is 31.2. The van der Waals surface area contributed by atoms with E-state index >= 15 is 0 Å². The molecule has 132 valence electrons. The molecule has 0 aliphatic carbocycles. The van der Waals surface area contributed by atoms with E-state index in [1.807, 2.05) is 42.5 Å². The molecule has 1 N–H and O–H groups in total. The molecule has 0 spiro atoms. The van der Waals surface area contributed by atoms with Gasteiger partial charge in [-0.15, -0.1) is 0 Å². The zero-order valence-electron chi connectivity index (χ0n) is 14.5. The zero-order valence-corrected chi connectivity index (χ0v) is 15.4. The first kappa shape index (κ1) is 18.1. The molecular weight excluding hydrogens is 345 g/mol. The Kier molecular flexibility index (Phi) is 5.34. The van der Waals surface area contributed by atoms with Crippen molar-refractivity contribution in [1.29, 1.82) is 0 Å². The smallest absolute Gasteiger partial charge is 0.292 e. The molecule has 26 heavy (non-hydrogen) atoms. The molecule has 0 aliphatic rings. The number of hydrogen-bond acceptors (Lipinski definition) is 3. The number of rotatable bonds is 6. The summed E-state index contributed by atoms with van der Waals surface area (Å²) in [6, 6.07) is 22.2. The lowest BCUT2D eigenvalue weighted by atomic mass is 10.1. The van der Waals surface area contributed by atoms with Gasteiger partial charge >= 0.3 is 0 Å². The van der Waals surface area contributed by atoms with Crippen LogP contribution in [0.2, 0.25) is 0 Å². The normalized spacial score (nSPS) is 13.1. The van der Waals surface area contributed by atoms with Crippen molar-refractivity contribution in [2.45, 2.75) is 6.16 Å². The predicted octanol–water partition coefficient (Wildman–Crippen LogP) is 4.29. The van der Waals surface area contributed by atoms with Gasteiger partial charge in [0.15, 0.2) is 0 Å². The molecule has 3 aromatic carbocycles. The molecule has 0 saturated heterocycles. The number of ketones is 1. The third-order valence-electron chi connectivity index (χ3n) is 4.20. The van der Waals surface area contributed by atoms with Crippen LogP contribution in [-0.2, 0) is 15.5 Å². The minimum absolute atomic E-state index is 0.00632. The van der Waals surface area contributed by atoms with Gasteiger partial charge in [-0.25, -0.2) is 0 Å². The first-order chi connectivity index (χ1) is 12.5. The minimum Gasteiger partial charge on any atom is -0.342 e. The maximum absolute atomic E-state index is 13.0. The number of carbonyl (C=O) groups is 2. The van der Waals surface area contributed by atoms with Gasteiger partial charge in [0.1, 0.15) is 7.14 Å². The monoisotopic (exact) mass is 365 g/mol. The largest absolute Gasteiger partial charge is 0.342 e. The molecule has 1 amide bonds. The van der Waals surface area contributed by atoms with Crippen molar-refractivity contribution in [3.05, 3.63) is 83.9 Å². The summed E-state index contributed by atoms with van der Waals surface area (Å²) in [6.07, 6.45) is 0.363. The van der Waals surface area contributed by atoms with Crippen molar-refractivity contribution in [3.63, 3.8) is 0 Å². The van der Waals surface area contributed by atoms with Gasteiger partial charge in [-0.3, -0.25) is 9.59 Å². The van der Waals surface area contributed by atoms with E-state index in [4.69, 9.17) is 0 Å². The zero-order chi connectivity index (χ0) is 18.6. The van der Waals surface area contributed by atoms with Crippen LogP contribution in [-0.4, -0.2) is 24.6 Å². The van der Waals surface area contributed by atoms with E-state index in [0.717, 1.165) is 16.3 Å². The highest BCUT2D eigenvalue weighted by Gasteiger charge is 2.22. The van der Waals surface area contributed by atoms with Gasteiger partial charge < -0.3 is 9.88 Å². The van der Waals surface area contributed by atoms with E-state index in [1.54, 1.807) is 37.0 Å². The second-order valence-electron chi connectivity index (χ2n) is 6.45. The quantitative estimate of drug-likeness (QED) is 0.403. The van der Waals surface area contributed by atoms with E-state index < -0.39 is 18.8 Å². The van der Waals surface area contributed by atoms with Crippen LogP contribution in [0.1, 0.15) is 15.9 Å². The number of amides is 1. The Balaban J connectivity index is 1.68. The predicted molar refractivity (Wildman–Crippen MR) is 105 cm³/mol. The fourth-order valence-electron chi connectivity index (χ4n) is 2.89. The summed E-state index contributed by atoms with van der Waals surface area (Å²) in [5, 5.41) is 4.69. The third-order valence-corrected chi connectivity index (χ3v) is 6.04. The van der Waals surface area contributed by atoms with Gasteiger partial charge in [0, 0.05) is 11.7 Å². The van der Waals surface area contributed by atoms with E-state index in [0.29, 0.717) is 11.7 Å². The summed E-state index contributed by atoms with van der Waals surface area (Å²) < 4.78 is 13.0. The number of fused-ring (bicyclic) bond motifs is 1. The van der Waals surface area contributed by atoms with Gasteiger partial charge in [0.2, 0.25) is 5.78 Å². The minimum atomic E-state index is -2.69. The van der Waals surface area contributed by atoms with Crippen molar-refractivity contribution >= 4 is 29.6 Å². The molecule has 0 saturated carbocycles. The molecule has 0 aliphatic heterocycles. The SMILES string of the molecule is CP(=O)(CNC(=O)C(=O)c1ccccc1)Cc1cccc2ccccc12. The van der Waals surface area contributed by atoms with E-state index in [1.165, 1.54) is 0 Å². The van der Waals surface area contributed by atoms with Crippen molar-refractivity contribution < 1.29 is 14.2 Å². The lowest BCUT2D eigenvalue weighted by molar-refractivity contribution is -0.116. The molecule has 3 rings (SSSR count). The average Bonchev–Trinajstić information content (AvgIpc) is 2.66. The van der Waals surface area contributed by atoms with Crippen LogP contribution in [0.25, 0.3) is 10.8 Å². The topological polar surface area (TPSA) is 63.2 Å². The van der Waals surface area contributed by atoms with Crippen molar-refractivity contribution in [2.75, 3.05) is 13.0 Å². The van der Waals surface area contributed by atoms with Crippen LogP contribution >= 0.6 is 7.14 Å². The Bertz CT molecular complexity index is 993. The highest BCUT2D eigenvalue weighted by Crippen LogP contribution is 2.44. The van der Waals surface area contributed by atoms with Crippen LogP contribution in [0.5, 0.6) is 0 Å². The Morgan fingerprint density at radius 3 is 2.31 bits per heavy atom. The first-order valence-electron chi connectivity index (χ1n) is 8.36. The molecule has 1 unspecified atom stereocenters. The number of benzene rings is 3. The molecule has 4 nitrogen and oxygen atoms in total. The van der Waals surface area contributed by atoms with Crippen LogP contribution in [0.15, 0.2) is 72.8 Å². The Hall–Kier alpha value is -2.71. The molecule has 0 aromatic heterocycles. The summed E-state index contributed by atoms with van der Waals surface area (Å²) in [6.45, 7) is 1.65. The lowest BCUT2D eigenvalue weighted by Crippen LogP contribution is -2.31. The summed E-state index contributed by atoms with van der Waals surface area (Å²) in [5.74, 6) is -1.34. The summed E-state index contributed by atoms with van der Waals surface area (Å²) in [4.78, 5) is 24.2. The summed E-state index contributed by atoms with van der Waals surface area (Å²) >= 11 is 0. The van der Waals surface area contributed by atoms with E-state index in [2.05, 4.69) is 5.32 Å². The maximum atomic E-state index is 13.0. The van der Waals surface area contributed by atoms with Crippen molar-refractivity contribution in [3.8, 4) is 0 Å². The molecule has 5 heteroatoms. The van der Waals surface area contributed by atoms with Crippen LogP contribution in [0, 0.1) is 0 Å². The second-order valence-corrected chi connectivity index (χ2v) is 9.68. The molecular formula is C21H20NO3P. The summed E-state index contributed by atoms with van der Waals surface area (Å²) in [5.41, 5.74) is 1.31. The van der Waals surface area contributed by atoms with E-state index in [9.17, 15) is 14.2 Å². The number of nitrogens with one attached hydrogen (secondary N) is 1. The number of hydrogen-bond donors (Lipinski definition) is 1. The van der Waals surface area contributed by atoms with Gasteiger partial charge in [-0.05, 0) is 23.0 Å². The standard InChI is InChI=1S/C21H20NO3P/c1-26(25,14-18-12-7-11-16-8-5-6-13-19(16)18)15-22-21(24)20(23)17-9-3-2-4-10-17/h2-13H,14-15H2,1H3,(H,22,24). The van der Waals surface area contributed by atoms with E-state index in [-0.39, 0.29) is 6.29 Å². The third kappa shape index (κ3) is 4.27. The Morgan fingerprint density at radius 2 is 1.54 bits per heavy atom. The lowest BCUT2D eigenvalue weighted by Gasteiger charge is -2.15. The fraction of sp³-hybridized carbons (Fsp3) is 0.143. The second kappa shape index (κ2) is 7.67. The van der Waals surface area contributed by atoms with Crippen LogP contribution < -0.4 is 5.32 Å². The number of Topliss-reactive ketones (excluding diaryl/α,β-unsaturated/α-hetero) is 1. The van der Waals surface area contributed by atoms with Gasteiger partial charge in [-0.1, -0.05) is 72.8 Å². The van der Waals surface area contributed by atoms with Crippen molar-refractivity contribution in [1.82, 2.24) is 5.32 Å². The molecule has 0 bridgehead atoms. The molecule has 1 atom stereocenters. The van der Waals surface area contributed by atoms with Crippen LogP contribution in [0.4, 0.5) is 0 Å². The van der Waals surface area contributed by atoms with Crippen molar-refractivity contribution in [2.24, 2.45) is 0 Å². The van der Waals surface area contributed by atoms with Gasteiger partial charge in [0.05, 0.1) is 6.29 Å². The molecule has 0 fully saturated rings. The first-order valence-corrected chi connectivity index (χ1v) is 10.9. The van der Waals surface area contributed by atoms with Gasteiger partial charge in [0.25, 0.3) is 5.91 Å². The van der Waals surface area contributed by atoms with Gasteiger partial charge in [-0.2, -0.15) is 0 Å². The maximum Gasteiger partial charge on any atom is 0.292 e. The Labute approximate surface area is 152 Å².